The zero-order chi connectivity index (χ0) is 18.4. The van der Waals surface area contributed by atoms with E-state index >= 15 is 0 Å². The monoisotopic (exact) mass is 358 g/mol. The average molecular weight is 359 g/mol. The Balaban J connectivity index is 1.53. The second kappa shape index (κ2) is 9.01. The van der Waals surface area contributed by atoms with E-state index in [2.05, 4.69) is 42.3 Å². The molecular formula is C22H34N2O2. The smallest absolute Gasteiger partial charge is 0.220 e. The van der Waals surface area contributed by atoms with Crippen LogP contribution in [-0.4, -0.2) is 49.2 Å². The molecule has 4 heteroatoms. The van der Waals surface area contributed by atoms with Gasteiger partial charge in [-0.1, -0.05) is 43.0 Å². The Kier molecular flexibility index (Phi) is 6.71. The van der Waals surface area contributed by atoms with Crippen LogP contribution >= 0.6 is 0 Å². The highest BCUT2D eigenvalue weighted by molar-refractivity contribution is 5.76. The third kappa shape index (κ3) is 4.86. The summed E-state index contributed by atoms with van der Waals surface area (Å²) in [6.07, 6.45) is 7.67. The zero-order valence-electron chi connectivity index (χ0n) is 16.5. The van der Waals surface area contributed by atoms with Gasteiger partial charge in [-0.2, -0.15) is 0 Å². The van der Waals surface area contributed by atoms with Gasteiger partial charge < -0.3 is 10.1 Å². The first-order chi connectivity index (χ1) is 12.6. The maximum Gasteiger partial charge on any atom is 0.220 e. The molecule has 1 aliphatic heterocycles. The van der Waals surface area contributed by atoms with E-state index in [9.17, 15) is 4.79 Å². The molecule has 1 aliphatic carbocycles. The highest BCUT2D eigenvalue weighted by atomic mass is 16.5. The second-order valence-corrected chi connectivity index (χ2v) is 8.09. The van der Waals surface area contributed by atoms with Gasteiger partial charge in [-0.3, -0.25) is 9.69 Å². The molecule has 1 amide bonds. The van der Waals surface area contributed by atoms with Crippen LogP contribution in [0.25, 0.3) is 0 Å². The van der Waals surface area contributed by atoms with E-state index in [-0.39, 0.29) is 11.4 Å². The fourth-order valence-corrected chi connectivity index (χ4v) is 4.58. The second-order valence-electron chi connectivity index (χ2n) is 8.09. The van der Waals surface area contributed by atoms with Gasteiger partial charge >= 0.3 is 0 Å². The molecule has 26 heavy (non-hydrogen) atoms. The Morgan fingerprint density at radius 2 is 1.88 bits per heavy atom. The fraction of sp³-hybridized carbons (Fsp3) is 0.682. The van der Waals surface area contributed by atoms with Crippen molar-refractivity contribution in [2.45, 2.75) is 64.3 Å². The van der Waals surface area contributed by atoms with Crippen molar-refractivity contribution in [3.8, 4) is 0 Å². The summed E-state index contributed by atoms with van der Waals surface area (Å²) >= 11 is 0. The molecule has 2 aliphatic rings. The number of benzene rings is 1. The van der Waals surface area contributed by atoms with Crippen molar-refractivity contribution >= 4 is 5.91 Å². The molecule has 0 aromatic heterocycles. The maximum absolute atomic E-state index is 12.5. The first-order valence-corrected chi connectivity index (χ1v) is 10.2. The van der Waals surface area contributed by atoms with Gasteiger partial charge in [0.25, 0.3) is 0 Å². The number of hydrogen-bond donors (Lipinski definition) is 1. The van der Waals surface area contributed by atoms with E-state index in [4.69, 9.17) is 4.74 Å². The lowest BCUT2D eigenvalue weighted by atomic mass is 9.79. The zero-order valence-corrected chi connectivity index (χ0v) is 16.5. The highest BCUT2D eigenvalue weighted by Crippen LogP contribution is 2.33. The number of ether oxygens (including phenoxy) is 1. The van der Waals surface area contributed by atoms with Crippen molar-refractivity contribution in [3.05, 3.63) is 34.9 Å². The van der Waals surface area contributed by atoms with Crippen molar-refractivity contribution in [2.24, 2.45) is 0 Å². The van der Waals surface area contributed by atoms with Gasteiger partial charge in [0.05, 0.1) is 13.2 Å². The van der Waals surface area contributed by atoms with Crippen LogP contribution in [0.15, 0.2) is 18.2 Å². The first kappa shape index (κ1) is 19.4. The molecule has 1 heterocycles. The largest absolute Gasteiger partial charge is 0.379 e. The quantitative estimate of drug-likeness (QED) is 0.847. The Morgan fingerprint density at radius 1 is 1.15 bits per heavy atom. The van der Waals surface area contributed by atoms with E-state index < -0.39 is 0 Å². The Morgan fingerprint density at radius 3 is 2.58 bits per heavy atom. The van der Waals surface area contributed by atoms with Gasteiger partial charge in [-0.05, 0) is 44.2 Å². The van der Waals surface area contributed by atoms with E-state index in [1.54, 1.807) is 0 Å². The molecule has 0 spiro atoms. The number of aryl methyl sites for hydroxylation is 3. The van der Waals surface area contributed by atoms with E-state index in [0.29, 0.717) is 6.42 Å². The summed E-state index contributed by atoms with van der Waals surface area (Å²) in [7, 11) is 0. The number of rotatable bonds is 6. The molecule has 1 N–H and O–H groups in total. The number of carbonyl (C=O) groups excluding carboxylic acids is 1. The molecule has 0 unspecified atom stereocenters. The summed E-state index contributed by atoms with van der Waals surface area (Å²) < 4.78 is 5.54. The molecular weight excluding hydrogens is 324 g/mol. The lowest BCUT2D eigenvalue weighted by Gasteiger charge is -2.48. The van der Waals surface area contributed by atoms with Crippen LogP contribution in [0.4, 0.5) is 0 Å². The van der Waals surface area contributed by atoms with E-state index in [1.165, 1.54) is 48.8 Å². The summed E-state index contributed by atoms with van der Waals surface area (Å²) in [6.45, 7) is 8.68. The number of nitrogens with zero attached hydrogens (tertiary/aromatic N) is 1. The number of morpholine rings is 1. The summed E-state index contributed by atoms with van der Waals surface area (Å²) in [5.74, 6) is 0.184. The highest BCUT2D eigenvalue weighted by Gasteiger charge is 2.38. The molecule has 0 bridgehead atoms. The third-order valence-electron chi connectivity index (χ3n) is 6.20. The Hall–Kier alpha value is -1.39. The number of hydrogen-bond acceptors (Lipinski definition) is 3. The van der Waals surface area contributed by atoms with Gasteiger partial charge in [-0.25, -0.2) is 0 Å². The summed E-state index contributed by atoms with van der Waals surface area (Å²) in [4.78, 5) is 15.1. The SMILES string of the molecule is Cc1ccc(CCC(=O)NCC2(N3CCOCC3)CCCCC2)c(C)c1. The predicted octanol–water partition coefficient (Wildman–Crippen LogP) is 3.39. The van der Waals surface area contributed by atoms with E-state index in [0.717, 1.165) is 39.3 Å². The van der Waals surface area contributed by atoms with Crippen molar-refractivity contribution < 1.29 is 9.53 Å². The van der Waals surface area contributed by atoms with Crippen LogP contribution < -0.4 is 5.32 Å². The van der Waals surface area contributed by atoms with E-state index in [1.807, 2.05) is 0 Å². The molecule has 2 fully saturated rings. The normalized spacial score (nSPS) is 20.7. The molecule has 4 nitrogen and oxygen atoms in total. The minimum absolute atomic E-state index is 0.150. The van der Waals surface area contributed by atoms with Crippen molar-refractivity contribution in [1.82, 2.24) is 10.2 Å². The van der Waals surface area contributed by atoms with Gasteiger partial charge in [0, 0.05) is 31.6 Å². The molecule has 3 rings (SSSR count). The van der Waals surface area contributed by atoms with Gasteiger partial charge in [0.1, 0.15) is 0 Å². The van der Waals surface area contributed by atoms with Crippen LogP contribution in [0.5, 0.6) is 0 Å². The van der Waals surface area contributed by atoms with Crippen molar-refractivity contribution in [2.75, 3.05) is 32.8 Å². The molecule has 144 valence electrons. The number of nitrogens with one attached hydrogen (secondary N) is 1. The standard InChI is InChI=1S/C22H34N2O2/c1-18-6-7-20(19(2)16-18)8-9-21(25)23-17-22(10-4-3-5-11-22)24-12-14-26-15-13-24/h6-7,16H,3-5,8-15,17H2,1-2H3,(H,23,25). The first-order valence-electron chi connectivity index (χ1n) is 10.2. The summed E-state index contributed by atoms with van der Waals surface area (Å²) in [5.41, 5.74) is 4.00. The molecule has 1 saturated carbocycles. The summed E-state index contributed by atoms with van der Waals surface area (Å²) in [5, 5.41) is 3.27. The fourth-order valence-electron chi connectivity index (χ4n) is 4.58. The van der Waals surface area contributed by atoms with Gasteiger partial charge in [0.15, 0.2) is 0 Å². The molecule has 1 saturated heterocycles. The van der Waals surface area contributed by atoms with Crippen LogP contribution in [-0.2, 0) is 16.0 Å². The Labute approximate surface area is 158 Å². The van der Waals surface area contributed by atoms with Crippen LogP contribution in [0.1, 0.15) is 55.2 Å². The maximum atomic E-state index is 12.5. The predicted molar refractivity (Wildman–Crippen MR) is 105 cm³/mol. The summed E-state index contributed by atoms with van der Waals surface area (Å²) in [6, 6.07) is 6.49. The Bertz CT molecular complexity index is 602. The van der Waals surface area contributed by atoms with Gasteiger partial charge in [-0.15, -0.1) is 0 Å². The van der Waals surface area contributed by atoms with Gasteiger partial charge in [0.2, 0.25) is 5.91 Å². The van der Waals surface area contributed by atoms with Crippen LogP contribution in [0.3, 0.4) is 0 Å². The topological polar surface area (TPSA) is 41.6 Å². The minimum Gasteiger partial charge on any atom is -0.379 e. The van der Waals surface area contributed by atoms with Crippen molar-refractivity contribution in [3.63, 3.8) is 0 Å². The minimum atomic E-state index is 0.150. The van der Waals surface area contributed by atoms with Crippen LogP contribution in [0, 0.1) is 13.8 Å². The molecule has 0 atom stereocenters. The molecule has 1 aromatic rings. The molecule has 0 radical (unpaired) electrons. The number of carbonyl (C=O) groups is 1. The lowest BCUT2D eigenvalue weighted by Crippen LogP contribution is -2.59. The molecule has 1 aromatic carbocycles. The van der Waals surface area contributed by atoms with Crippen molar-refractivity contribution in [1.29, 1.82) is 0 Å². The third-order valence-corrected chi connectivity index (χ3v) is 6.20. The van der Waals surface area contributed by atoms with Crippen LogP contribution in [0.2, 0.25) is 0 Å². The average Bonchev–Trinajstić information content (AvgIpc) is 2.67. The number of amides is 1. The lowest BCUT2D eigenvalue weighted by molar-refractivity contribution is -0.122.